The Kier molecular flexibility index (Phi) is 4.71. The fourth-order valence-corrected chi connectivity index (χ4v) is 0.671. The third-order valence-corrected chi connectivity index (χ3v) is 1.90. The first-order chi connectivity index (χ1) is 4.22. The first-order valence-electron chi connectivity index (χ1n) is 2.44. The zero-order valence-corrected chi connectivity index (χ0v) is 7.08. The molecule has 0 aliphatic carbocycles. The highest BCUT2D eigenvalue weighted by Crippen LogP contribution is 2.10. The molecule has 0 aliphatic rings. The van der Waals surface area contributed by atoms with Gasteiger partial charge in [-0.3, -0.25) is 9.10 Å². The quantitative estimate of drug-likeness (QED) is 0.288. The van der Waals surface area contributed by atoms with Crippen molar-refractivity contribution in [2.24, 2.45) is 0 Å². The third-order valence-electron chi connectivity index (χ3n) is 0.742. The highest BCUT2D eigenvalue weighted by Gasteiger charge is 2.00. The molecule has 0 saturated carbocycles. The van der Waals surface area contributed by atoms with Gasteiger partial charge in [-0.1, -0.05) is 17.7 Å². The lowest BCUT2D eigenvalue weighted by Crippen LogP contribution is -2.14. The van der Waals surface area contributed by atoms with Gasteiger partial charge in [-0.15, -0.1) is 0 Å². The normalized spacial score (nSPS) is 10.1. The lowest BCUT2D eigenvalue weighted by Gasteiger charge is -2.07. The van der Waals surface area contributed by atoms with Crippen molar-refractivity contribution in [1.29, 1.82) is 0 Å². The Morgan fingerprint density at radius 1 is 1.78 bits per heavy atom. The molecule has 0 unspecified atom stereocenters. The number of hydrogen-bond donors (Lipinski definition) is 1. The van der Waals surface area contributed by atoms with E-state index in [1.165, 1.54) is 10.4 Å². The average molecular weight is 163 g/mol. The molecule has 0 aromatic carbocycles. The van der Waals surface area contributed by atoms with Crippen LogP contribution in [0.4, 0.5) is 0 Å². The van der Waals surface area contributed by atoms with Crippen LogP contribution in [0.2, 0.25) is 0 Å². The maximum atomic E-state index is 10.7. The van der Waals surface area contributed by atoms with Crippen LogP contribution >= 0.6 is 22.6 Å². The van der Waals surface area contributed by atoms with Gasteiger partial charge in [0.1, 0.15) is 0 Å². The van der Waals surface area contributed by atoms with Gasteiger partial charge in [-0.05, 0) is 13.0 Å². The Labute approximate surface area is 64.2 Å². The molecular formula is C5H9NOS2. The molecule has 0 N–H and O–H groups in total. The summed E-state index contributed by atoms with van der Waals surface area (Å²) in [6, 6.07) is 0. The molecule has 0 aromatic rings. The van der Waals surface area contributed by atoms with Crippen molar-refractivity contribution in [3.05, 3.63) is 12.2 Å². The summed E-state index contributed by atoms with van der Waals surface area (Å²) in [5.41, 5.74) is 0. The number of amides is 1. The molecule has 0 aromatic heterocycles. The Hall–Kier alpha value is -0.0900. The van der Waals surface area contributed by atoms with E-state index >= 15 is 0 Å². The second-order valence-electron chi connectivity index (χ2n) is 1.42. The molecular weight excluding hydrogens is 154 g/mol. The monoisotopic (exact) mass is 163 g/mol. The van der Waals surface area contributed by atoms with E-state index in [1.807, 2.05) is 0 Å². The highest BCUT2D eigenvalue weighted by atomic mass is 33.1. The van der Waals surface area contributed by atoms with Crippen LogP contribution in [0.15, 0.2) is 12.2 Å². The molecule has 1 amide bonds. The zero-order chi connectivity index (χ0) is 7.28. The Bertz CT molecular complexity index is 124. The van der Waals surface area contributed by atoms with E-state index < -0.39 is 0 Å². The molecule has 9 heavy (non-hydrogen) atoms. The van der Waals surface area contributed by atoms with Gasteiger partial charge < -0.3 is 0 Å². The van der Waals surface area contributed by atoms with E-state index in [2.05, 4.69) is 11.7 Å². The summed E-state index contributed by atoms with van der Waals surface area (Å²) >= 11 is 3.84. The van der Waals surface area contributed by atoms with Crippen molar-refractivity contribution in [3.8, 4) is 0 Å². The first kappa shape index (κ1) is 8.91. The summed E-state index contributed by atoms with van der Waals surface area (Å²) in [6.45, 7) is 1.80. The maximum Gasteiger partial charge on any atom is 0.256 e. The molecule has 0 aliphatic heterocycles. The third kappa shape index (κ3) is 3.48. The second kappa shape index (κ2) is 4.76. The molecule has 0 radical (unpaired) electrons. The van der Waals surface area contributed by atoms with Crippen molar-refractivity contribution in [1.82, 2.24) is 4.31 Å². The predicted octanol–water partition coefficient (Wildman–Crippen LogP) is 1.51. The average Bonchev–Trinajstić information content (AvgIpc) is 1.87. The molecule has 0 bridgehead atoms. The summed E-state index contributed by atoms with van der Waals surface area (Å²) in [7, 11) is 2.77. The topological polar surface area (TPSA) is 20.3 Å². The van der Waals surface area contributed by atoms with Crippen LogP contribution in [-0.4, -0.2) is 17.3 Å². The zero-order valence-electron chi connectivity index (χ0n) is 5.37. The van der Waals surface area contributed by atoms with Gasteiger partial charge >= 0.3 is 0 Å². The lowest BCUT2D eigenvalue weighted by molar-refractivity contribution is -0.120. The van der Waals surface area contributed by atoms with Crippen molar-refractivity contribution >= 4 is 28.5 Å². The minimum atomic E-state index is -0.0440. The molecule has 0 saturated heterocycles. The van der Waals surface area contributed by atoms with Crippen molar-refractivity contribution < 1.29 is 4.79 Å². The van der Waals surface area contributed by atoms with Gasteiger partial charge in [0.15, 0.2) is 0 Å². The summed E-state index contributed by atoms with van der Waals surface area (Å²) in [4.78, 5) is 10.7. The van der Waals surface area contributed by atoms with Crippen LogP contribution in [0.25, 0.3) is 0 Å². The smallest absolute Gasteiger partial charge is 0.256 e. The number of carbonyl (C=O) groups excluding carboxylic acids is 1. The van der Waals surface area contributed by atoms with Gasteiger partial charge in [-0.25, -0.2) is 0 Å². The standard InChI is InChI=1S/C5H9NOS2/c1-3-4-5(7)6(2)9-8/h3-4,8H,1-2H3/b4-3-. The minimum Gasteiger partial charge on any atom is -0.277 e. The molecule has 0 atom stereocenters. The van der Waals surface area contributed by atoms with E-state index in [1.54, 1.807) is 20.0 Å². The Morgan fingerprint density at radius 3 is 2.67 bits per heavy atom. The summed E-state index contributed by atoms with van der Waals surface area (Å²) in [5, 5.41) is 0. The first-order valence-corrected chi connectivity index (χ1v) is 4.27. The minimum absolute atomic E-state index is 0.0440. The van der Waals surface area contributed by atoms with Crippen LogP contribution in [0, 0.1) is 0 Å². The van der Waals surface area contributed by atoms with E-state index in [0.29, 0.717) is 0 Å². The van der Waals surface area contributed by atoms with Crippen molar-refractivity contribution in [2.45, 2.75) is 6.92 Å². The van der Waals surface area contributed by atoms with E-state index in [-0.39, 0.29) is 5.91 Å². The number of likely N-dealkylation sites (N-methyl/N-ethyl adjacent to an activating group) is 1. The molecule has 4 heteroatoms. The van der Waals surface area contributed by atoms with Gasteiger partial charge in [-0.2, -0.15) is 0 Å². The number of thiol groups is 1. The lowest BCUT2D eigenvalue weighted by atomic mass is 10.5. The Morgan fingerprint density at radius 2 is 2.33 bits per heavy atom. The van der Waals surface area contributed by atoms with Crippen LogP contribution in [-0.2, 0) is 4.79 Å². The summed E-state index contributed by atoms with van der Waals surface area (Å²) in [5.74, 6) is -0.0440. The van der Waals surface area contributed by atoms with Gasteiger partial charge in [0, 0.05) is 18.0 Å². The second-order valence-corrected chi connectivity index (χ2v) is 2.62. The van der Waals surface area contributed by atoms with Crippen molar-refractivity contribution in [3.63, 3.8) is 0 Å². The summed E-state index contributed by atoms with van der Waals surface area (Å²) in [6.07, 6.45) is 3.19. The van der Waals surface area contributed by atoms with Crippen molar-refractivity contribution in [2.75, 3.05) is 7.05 Å². The van der Waals surface area contributed by atoms with Crippen LogP contribution in [0.1, 0.15) is 6.92 Å². The van der Waals surface area contributed by atoms with E-state index in [9.17, 15) is 4.79 Å². The van der Waals surface area contributed by atoms with E-state index in [4.69, 9.17) is 0 Å². The fourth-order valence-electron chi connectivity index (χ4n) is 0.288. The molecule has 0 rings (SSSR count). The molecule has 0 heterocycles. The van der Waals surface area contributed by atoms with Crippen LogP contribution < -0.4 is 0 Å². The molecule has 0 fully saturated rings. The SMILES string of the molecule is C/C=C\C(=O)N(C)SS. The van der Waals surface area contributed by atoms with Gasteiger partial charge in [0.25, 0.3) is 5.91 Å². The van der Waals surface area contributed by atoms with Crippen LogP contribution in [0.5, 0.6) is 0 Å². The Balaban J connectivity index is 3.73. The fraction of sp³-hybridized carbons (Fsp3) is 0.400. The molecule has 52 valence electrons. The largest absolute Gasteiger partial charge is 0.277 e. The number of carbonyl (C=O) groups is 1. The molecule has 2 nitrogen and oxygen atoms in total. The maximum absolute atomic E-state index is 10.7. The van der Waals surface area contributed by atoms with E-state index in [0.717, 1.165) is 11.0 Å². The highest BCUT2D eigenvalue weighted by molar-refractivity contribution is 8.67. The number of nitrogens with zero attached hydrogens (tertiary/aromatic N) is 1. The molecule has 0 spiro atoms. The predicted molar refractivity (Wildman–Crippen MR) is 44.2 cm³/mol. The van der Waals surface area contributed by atoms with Gasteiger partial charge in [0.05, 0.1) is 0 Å². The number of allylic oxidation sites excluding steroid dienone is 1. The number of hydrogen-bond acceptors (Lipinski definition) is 3. The van der Waals surface area contributed by atoms with Crippen LogP contribution in [0.3, 0.4) is 0 Å². The number of rotatable bonds is 2. The summed E-state index contributed by atoms with van der Waals surface area (Å²) < 4.78 is 1.43. The van der Waals surface area contributed by atoms with Gasteiger partial charge in [0.2, 0.25) is 0 Å².